The summed E-state index contributed by atoms with van der Waals surface area (Å²) < 4.78 is 5.34. The van der Waals surface area contributed by atoms with E-state index in [1.54, 1.807) is 0 Å². The molecule has 1 aliphatic heterocycles. The highest BCUT2D eigenvalue weighted by Crippen LogP contribution is 2.22. The lowest BCUT2D eigenvalue weighted by Crippen LogP contribution is -2.33. The maximum absolute atomic E-state index is 5.34. The quantitative estimate of drug-likeness (QED) is 0.797. The van der Waals surface area contributed by atoms with Crippen molar-refractivity contribution >= 4 is 17.0 Å². The van der Waals surface area contributed by atoms with Crippen molar-refractivity contribution in [3.05, 3.63) is 36.0 Å². The second-order valence-electron chi connectivity index (χ2n) is 6.31. The summed E-state index contributed by atoms with van der Waals surface area (Å²) in [7, 11) is 0. The van der Waals surface area contributed by atoms with Crippen molar-refractivity contribution in [3.63, 3.8) is 0 Å². The molecule has 1 fully saturated rings. The first-order valence-corrected chi connectivity index (χ1v) is 8.44. The van der Waals surface area contributed by atoms with Crippen LogP contribution in [0.25, 0.3) is 11.0 Å². The number of nitrogens with one attached hydrogen (secondary N) is 1. The van der Waals surface area contributed by atoms with Gasteiger partial charge in [-0.3, -0.25) is 4.90 Å². The molecule has 1 saturated heterocycles. The highest BCUT2D eigenvalue weighted by molar-refractivity contribution is 5.77. The molecule has 7 nitrogen and oxygen atoms in total. The number of nitrogens with zero attached hydrogens (tertiary/aromatic N) is 5. The van der Waals surface area contributed by atoms with Crippen LogP contribution in [0, 0.1) is 6.92 Å². The average Bonchev–Trinajstić information content (AvgIpc) is 3.13. The van der Waals surface area contributed by atoms with E-state index in [0.717, 1.165) is 49.6 Å². The van der Waals surface area contributed by atoms with Crippen LogP contribution < -0.4 is 4.90 Å². The van der Waals surface area contributed by atoms with Gasteiger partial charge in [-0.25, -0.2) is 4.98 Å². The van der Waals surface area contributed by atoms with Crippen molar-refractivity contribution in [1.29, 1.82) is 0 Å². The molecule has 0 radical (unpaired) electrons. The number of aryl methyl sites for hydroxylation is 1. The zero-order valence-electron chi connectivity index (χ0n) is 14.1. The molecule has 7 heteroatoms. The lowest BCUT2D eigenvalue weighted by molar-refractivity contribution is 0.184. The Balaban J connectivity index is 1.47. The van der Waals surface area contributed by atoms with Crippen LogP contribution in [-0.4, -0.2) is 51.2 Å². The van der Waals surface area contributed by atoms with Gasteiger partial charge in [0.05, 0.1) is 17.1 Å². The van der Waals surface area contributed by atoms with Gasteiger partial charge in [0, 0.05) is 26.2 Å². The molecule has 24 heavy (non-hydrogen) atoms. The summed E-state index contributed by atoms with van der Waals surface area (Å²) in [5.41, 5.74) is 2.10. The number of H-pyrrole nitrogens is 1. The third kappa shape index (κ3) is 2.87. The zero-order chi connectivity index (χ0) is 16.5. The van der Waals surface area contributed by atoms with E-state index in [1.807, 2.05) is 25.1 Å². The van der Waals surface area contributed by atoms with Gasteiger partial charge < -0.3 is 14.4 Å². The number of benzene rings is 1. The minimum Gasteiger partial charge on any atom is -0.341 e. The number of aromatic amines is 1. The third-order valence-corrected chi connectivity index (χ3v) is 4.66. The summed E-state index contributed by atoms with van der Waals surface area (Å²) in [5, 5.41) is 3.90. The molecule has 1 aromatic carbocycles. The zero-order valence-corrected chi connectivity index (χ0v) is 14.1. The average molecular weight is 326 g/mol. The van der Waals surface area contributed by atoms with Crippen molar-refractivity contribution in [3.8, 4) is 0 Å². The van der Waals surface area contributed by atoms with E-state index in [4.69, 9.17) is 9.51 Å². The standard InChI is InChI=1S/C17H22N6O/c1-12(16-18-13(2)21-24-16)22-8-5-9-23(11-10-22)17-19-14-6-3-4-7-15(14)20-17/h3-4,6-7,12H,5,8-11H2,1-2H3,(H,19,20)/t12-/m1/s1. The topological polar surface area (TPSA) is 74.1 Å². The molecule has 3 aromatic rings. The summed E-state index contributed by atoms with van der Waals surface area (Å²) in [6.07, 6.45) is 1.08. The van der Waals surface area contributed by atoms with Crippen LogP contribution in [0.5, 0.6) is 0 Å². The Kier molecular flexibility index (Phi) is 3.93. The second kappa shape index (κ2) is 6.24. The molecule has 0 amide bonds. The normalized spacial score (nSPS) is 18.0. The molecule has 4 rings (SSSR count). The summed E-state index contributed by atoms with van der Waals surface area (Å²) >= 11 is 0. The molecule has 3 heterocycles. The fourth-order valence-electron chi connectivity index (χ4n) is 3.26. The van der Waals surface area contributed by atoms with Gasteiger partial charge in [0.2, 0.25) is 11.8 Å². The van der Waals surface area contributed by atoms with E-state index < -0.39 is 0 Å². The number of hydrogen-bond acceptors (Lipinski definition) is 6. The van der Waals surface area contributed by atoms with Crippen molar-refractivity contribution < 1.29 is 4.52 Å². The highest BCUT2D eigenvalue weighted by Gasteiger charge is 2.24. The van der Waals surface area contributed by atoms with Crippen LogP contribution in [0.4, 0.5) is 5.95 Å². The molecule has 0 bridgehead atoms. The summed E-state index contributed by atoms with van der Waals surface area (Å²) in [6.45, 7) is 7.86. The molecule has 0 aliphatic carbocycles. The Bertz CT molecular complexity index is 792. The van der Waals surface area contributed by atoms with Crippen LogP contribution in [0.3, 0.4) is 0 Å². The molecular weight excluding hydrogens is 304 g/mol. The number of para-hydroxylation sites is 2. The Labute approximate surface area is 140 Å². The minimum atomic E-state index is 0.141. The van der Waals surface area contributed by atoms with Crippen LogP contribution in [0.15, 0.2) is 28.8 Å². The van der Waals surface area contributed by atoms with Gasteiger partial charge in [-0.05, 0) is 32.4 Å². The number of anilines is 1. The Morgan fingerprint density at radius 1 is 1.12 bits per heavy atom. The van der Waals surface area contributed by atoms with Crippen LogP contribution in [-0.2, 0) is 0 Å². The van der Waals surface area contributed by atoms with E-state index in [9.17, 15) is 0 Å². The fraction of sp³-hybridized carbons (Fsp3) is 0.471. The molecule has 0 saturated carbocycles. The monoisotopic (exact) mass is 326 g/mol. The van der Waals surface area contributed by atoms with Gasteiger partial charge in [0.25, 0.3) is 0 Å². The fourth-order valence-corrected chi connectivity index (χ4v) is 3.26. The first kappa shape index (κ1) is 15.1. The number of rotatable bonds is 3. The Hall–Kier alpha value is -2.41. The van der Waals surface area contributed by atoms with Crippen molar-refractivity contribution in [2.75, 3.05) is 31.1 Å². The highest BCUT2D eigenvalue weighted by atomic mass is 16.5. The third-order valence-electron chi connectivity index (χ3n) is 4.66. The Morgan fingerprint density at radius 2 is 2.00 bits per heavy atom. The van der Waals surface area contributed by atoms with Crippen LogP contribution >= 0.6 is 0 Å². The van der Waals surface area contributed by atoms with Gasteiger partial charge in [0.1, 0.15) is 0 Å². The number of fused-ring (bicyclic) bond motifs is 1. The molecular formula is C17H22N6O. The number of aromatic nitrogens is 4. The Morgan fingerprint density at radius 3 is 2.79 bits per heavy atom. The summed E-state index contributed by atoms with van der Waals surface area (Å²) in [5.74, 6) is 2.35. The van der Waals surface area contributed by atoms with Gasteiger partial charge >= 0.3 is 0 Å². The van der Waals surface area contributed by atoms with Gasteiger partial charge in [-0.15, -0.1) is 0 Å². The van der Waals surface area contributed by atoms with Crippen molar-refractivity contribution in [2.24, 2.45) is 0 Å². The number of hydrogen-bond donors (Lipinski definition) is 1. The van der Waals surface area contributed by atoms with E-state index in [-0.39, 0.29) is 6.04 Å². The van der Waals surface area contributed by atoms with Crippen molar-refractivity contribution in [1.82, 2.24) is 25.0 Å². The predicted octanol–water partition coefficient (Wildman–Crippen LogP) is 2.53. The lowest BCUT2D eigenvalue weighted by atomic mass is 10.2. The predicted molar refractivity (Wildman–Crippen MR) is 91.9 cm³/mol. The van der Waals surface area contributed by atoms with E-state index in [1.165, 1.54) is 0 Å². The van der Waals surface area contributed by atoms with Gasteiger partial charge in [-0.1, -0.05) is 17.3 Å². The summed E-state index contributed by atoms with van der Waals surface area (Å²) in [6, 6.07) is 8.30. The van der Waals surface area contributed by atoms with Crippen LogP contribution in [0.2, 0.25) is 0 Å². The summed E-state index contributed by atoms with van der Waals surface area (Å²) in [4.78, 5) is 17.2. The molecule has 1 atom stereocenters. The second-order valence-corrected chi connectivity index (χ2v) is 6.31. The smallest absolute Gasteiger partial charge is 0.243 e. The molecule has 0 unspecified atom stereocenters. The van der Waals surface area contributed by atoms with E-state index in [0.29, 0.717) is 11.7 Å². The molecule has 2 aromatic heterocycles. The first-order valence-electron chi connectivity index (χ1n) is 8.44. The van der Waals surface area contributed by atoms with Crippen molar-refractivity contribution in [2.45, 2.75) is 26.3 Å². The van der Waals surface area contributed by atoms with E-state index >= 15 is 0 Å². The maximum atomic E-state index is 5.34. The van der Waals surface area contributed by atoms with Crippen LogP contribution in [0.1, 0.15) is 31.1 Å². The van der Waals surface area contributed by atoms with E-state index in [2.05, 4.69) is 37.9 Å². The molecule has 1 aliphatic rings. The lowest BCUT2D eigenvalue weighted by Gasteiger charge is -2.25. The van der Waals surface area contributed by atoms with Gasteiger partial charge in [0.15, 0.2) is 5.82 Å². The molecule has 126 valence electrons. The minimum absolute atomic E-state index is 0.141. The molecule has 1 N–H and O–H groups in total. The molecule has 0 spiro atoms. The SMILES string of the molecule is Cc1noc([C@@H](C)N2CCCN(c3nc4ccccc4[nH]3)CC2)n1. The largest absolute Gasteiger partial charge is 0.341 e. The first-order chi connectivity index (χ1) is 11.7. The number of imidazole rings is 1. The van der Waals surface area contributed by atoms with Gasteiger partial charge in [-0.2, -0.15) is 4.98 Å². The maximum Gasteiger partial charge on any atom is 0.243 e.